The van der Waals surface area contributed by atoms with E-state index in [2.05, 4.69) is 172 Å². The lowest BCUT2D eigenvalue weighted by molar-refractivity contribution is 0.660. The Morgan fingerprint density at radius 3 is 1.54 bits per heavy atom. The second kappa shape index (κ2) is 10.3. The van der Waals surface area contributed by atoms with E-state index >= 15 is 0 Å². The van der Waals surface area contributed by atoms with Gasteiger partial charge < -0.3 is 9.32 Å². The molecular weight excluding hydrogens is 607 g/mol. The zero-order valence-electron chi connectivity index (χ0n) is 28.8. The first-order valence-electron chi connectivity index (χ1n) is 17.6. The normalized spacial score (nSPS) is 14.7. The topological polar surface area (TPSA) is 16.4 Å². The Morgan fingerprint density at radius 2 is 0.920 bits per heavy atom. The fourth-order valence-electron chi connectivity index (χ4n) is 8.96. The molecule has 0 saturated heterocycles. The minimum Gasteiger partial charge on any atom is -0.456 e. The van der Waals surface area contributed by atoms with E-state index in [1.165, 1.54) is 67.0 Å². The summed E-state index contributed by atoms with van der Waals surface area (Å²) in [7, 11) is 0. The quantitative estimate of drug-likeness (QED) is 0.190. The van der Waals surface area contributed by atoms with Gasteiger partial charge in [-0.2, -0.15) is 0 Å². The van der Waals surface area contributed by atoms with Crippen LogP contribution in [-0.2, 0) is 10.8 Å². The second-order valence-corrected chi connectivity index (χ2v) is 14.9. The number of fused-ring (bicyclic) bond motifs is 9. The largest absolute Gasteiger partial charge is 0.456 e. The SMILES string of the molecule is CC1(C)c2ccccc2-c2c(N(c3ccc(-c4ccc5oc6ccccc6c5c4)cc3)c3cccc4c3-c3ccccc3C4(C)C)cccc21. The molecule has 0 radical (unpaired) electrons. The molecule has 0 spiro atoms. The maximum absolute atomic E-state index is 6.14. The Morgan fingerprint density at radius 1 is 0.420 bits per heavy atom. The summed E-state index contributed by atoms with van der Waals surface area (Å²) in [6.07, 6.45) is 0. The van der Waals surface area contributed by atoms with Gasteiger partial charge in [0, 0.05) is 38.4 Å². The van der Waals surface area contributed by atoms with Crippen LogP contribution in [0.4, 0.5) is 17.1 Å². The fraction of sp³-hybridized carbons (Fsp3) is 0.125. The Kier molecular flexibility index (Phi) is 6.01. The van der Waals surface area contributed by atoms with Crippen molar-refractivity contribution in [3.8, 4) is 33.4 Å². The average molecular weight is 644 g/mol. The van der Waals surface area contributed by atoms with Gasteiger partial charge in [0.25, 0.3) is 0 Å². The van der Waals surface area contributed by atoms with Crippen molar-refractivity contribution in [1.29, 1.82) is 0 Å². The molecular formula is C48H37NO. The Labute approximate surface area is 293 Å². The number of furan rings is 1. The molecule has 1 aromatic heterocycles. The zero-order chi connectivity index (χ0) is 33.8. The van der Waals surface area contributed by atoms with Crippen LogP contribution in [-0.4, -0.2) is 0 Å². The van der Waals surface area contributed by atoms with Gasteiger partial charge in [0.05, 0.1) is 11.4 Å². The molecule has 2 heteroatoms. The summed E-state index contributed by atoms with van der Waals surface area (Å²) in [5.41, 5.74) is 18.3. The number of nitrogens with zero attached hydrogens (tertiary/aromatic N) is 1. The van der Waals surface area contributed by atoms with Gasteiger partial charge in [0.1, 0.15) is 11.2 Å². The number of rotatable bonds is 4. The lowest BCUT2D eigenvalue weighted by Crippen LogP contribution is -2.17. The molecule has 10 rings (SSSR count). The van der Waals surface area contributed by atoms with Gasteiger partial charge in [-0.1, -0.05) is 137 Å². The molecule has 8 aromatic rings. The highest BCUT2D eigenvalue weighted by Crippen LogP contribution is 2.58. The summed E-state index contributed by atoms with van der Waals surface area (Å²) in [6, 6.07) is 55.6. The number of hydrogen-bond acceptors (Lipinski definition) is 2. The highest BCUT2D eigenvalue weighted by Gasteiger charge is 2.40. The van der Waals surface area contributed by atoms with Gasteiger partial charge in [-0.15, -0.1) is 0 Å². The molecule has 0 fully saturated rings. The molecule has 0 atom stereocenters. The van der Waals surface area contributed by atoms with E-state index < -0.39 is 0 Å². The van der Waals surface area contributed by atoms with Gasteiger partial charge >= 0.3 is 0 Å². The maximum Gasteiger partial charge on any atom is 0.135 e. The van der Waals surface area contributed by atoms with E-state index in [9.17, 15) is 0 Å². The number of para-hydroxylation sites is 1. The van der Waals surface area contributed by atoms with Crippen molar-refractivity contribution >= 4 is 39.0 Å². The molecule has 2 aliphatic rings. The molecule has 2 nitrogen and oxygen atoms in total. The van der Waals surface area contributed by atoms with Gasteiger partial charge in [0.15, 0.2) is 0 Å². The molecule has 7 aromatic carbocycles. The Balaban J connectivity index is 1.20. The minimum absolute atomic E-state index is 0.0966. The zero-order valence-corrected chi connectivity index (χ0v) is 28.8. The van der Waals surface area contributed by atoms with Crippen molar-refractivity contribution in [2.75, 3.05) is 4.90 Å². The van der Waals surface area contributed by atoms with Crippen LogP contribution in [0.25, 0.3) is 55.3 Å². The third-order valence-corrected chi connectivity index (χ3v) is 11.5. The first-order valence-corrected chi connectivity index (χ1v) is 17.6. The van der Waals surface area contributed by atoms with E-state index in [1.807, 2.05) is 12.1 Å². The monoisotopic (exact) mass is 643 g/mol. The van der Waals surface area contributed by atoms with Crippen molar-refractivity contribution in [3.63, 3.8) is 0 Å². The summed E-state index contributed by atoms with van der Waals surface area (Å²) in [4.78, 5) is 2.52. The van der Waals surface area contributed by atoms with Gasteiger partial charge in [0.2, 0.25) is 0 Å². The second-order valence-electron chi connectivity index (χ2n) is 14.9. The molecule has 0 unspecified atom stereocenters. The lowest BCUT2D eigenvalue weighted by atomic mass is 9.82. The molecule has 0 aliphatic heterocycles. The summed E-state index contributed by atoms with van der Waals surface area (Å²) < 4.78 is 6.14. The van der Waals surface area contributed by atoms with Crippen molar-refractivity contribution in [1.82, 2.24) is 0 Å². The van der Waals surface area contributed by atoms with Crippen LogP contribution in [0.15, 0.2) is 156 Å². The Bertz CT molecular complexity index is 2550. The van der Waals surface area contributed by atoms with Crippen molar-refractivity contribution in [2.24, 2.45) is 0 Å². The summed E-state index contributed by atoms with van der Waals surface area (Å²) in [5, 5.41) is 2.29. The molecule has 1 heterocycles. The van der Waals surface area contributed by atoms with Crippen LogP contribution < -0.4 is 4.90 Å². The van der Waals surface area contributed by atoms with Crippen molar-refractivity contribution in [2.45, 2.75) is 38.5 Å². The summed E-state index contributed by atoms with van der Waals surface area (Å²) >= 11 is 0. The highest BCUT2D eigenvalue weighted by molar-refractivity contribution is 6.06. The van der Waals surface area contributed by atoms with E-state index in [1.54, 1.807) is 0 Å². The molecule has 0 amide bonds. The van der Waals surface area contributed by atoms with Crippen LogP contribution in [0, 0.1) is 0 Å². The predicted octanol–water partition coefficient (Wildman–Crippen LogP) is 13.3. The predicted molar refractivity (Wildman–Crippen MR) is 209 cm³/mol. The fourth-order valence-corrected chi connectivity index (χ4v) is 8.96. The highest BCUT2D eigenvalue weighted by atomic mass is 16.3. The van der Waals surface area contributed by atoms with Crippen LogP contribution in [0.3, 0.4) is 0 Å². The molecule has 50 heavy (non-hydrogen) atoms. The number of hydrogen-bond donors (Lipinski definition) is 0. The van der Waals surface area contributed by atoms with Gasteiger partial charge in [-0.25, -0.2) is 0 Å². The van der Waals surface area contributed by atoms with Crippen LogP contribution in [0.2, 0.25) is 0 Å². The molecule has 0 saturated carbocycles. The van der Waals surface area contributed by atoms with Crippen LogP contribution in [0.5, 0.6) is 0 Å². The van der Waals surface area contributed by atoms with Crippen molar-refractivity contribution < 1.29 is 4.42 Å². The van der Waals surface area contributed by atoms with E-state index in [-0.39, 0.29) is 10.8 Å². The van der Waals surface area contributed by atoms with Gasteiger partial charge in [-0.05, 0) is 87.0 Å². The smallest absolute Gasteiger partial charge is 0.135 e. The number of anilines is 3. The van der Waals surface area contributed by atoms with E-state index in [0.29, 0.717) is 0 Å². The average Bonchev–Trinajstić information content (AvgIpc) is 3.72. The first-order chi connectivity index (χ1) is 24.3. The first kappa shape index (κ1) is 29.1. The van der Waals surface area contributed by atoms with E-state index in [0.717, 1.165) is 27.6 Å². The molecule has 0 bridgehead atoms. The summed E-state index contributed by atoms with van der Waals surface area (Å²) in [5.74, 6) is 0. The van der Waals surface area contributed by atoms with Crippen LogP contribution >= 0.6 is 0 Å². The lowest BCUT2D eigenvalue weighted by Gasteiger charge is -2.31. The molecule has 240 valence electrons. The standard InChI is InChI=1S/C48H37NO/c1-47(2)37-16-8-5-14-34(37)45-39(47)18-11-20-41(45)49(42-21-12-19-40-46(42)35-15-6-9-17-38(35)48(40,3)4)32-26-23-30(24-27-32)31-25-28-44-36(29-31)33-13-7-10-22-43(33)50-44/h5-29H,1-4H3. The van der Waals surface area contributed by atoms with Crippen LogP contribution in [0.1, 0.15) is 49.9 Å². The molecule has 2 aliphatic carbocycles. The van der Waals surface area contributed by atoms with E-state index in [4.69, 9.17) is 4.42 Å². The minimum atomic E-state index is -0.0966. The molecule has 0 N–H and O–H groups in total. The van der Waals surface area contributed by atoms with Gasteiger partial charge in [-0.3, -0.25) is 0 Å². The number of benzene rings is 7. The maximum atomic E-state index is 6.14. The third kappa shape index (κ3) is 3.96. The Hall–Kier alpha value is -5.86. The summed E-state index contributed by atoms with van der Waals surface area (Å²) in [6.45, 7) is 9.44. The third-order valence-electron chi connectivity index (χ3n) is 11.5. The van der Waals surface area contributed by atoms with Crippen molar-refractivity contribution in [3.05, 3.63) is 174 Å².